The quantitative estimate of drug-likeness (QED) is 0.473. The molecule has 1 atom stereocenters. The molecule has 1 aromatic carbocycles. The second-order valence-electron chi connectivity index (χ2n) is 6.43. The maximum absolute atomic E-state index is 5.64. The summed E-state index contributed by atoms with van der Waals surface area (Å²) in [6, 6.07) is 8.51. The van der Waals surface area contributed by atoms with Crippen LogP contribution in [-0.2, 0) is 4.84 Å². The van der Waals surface area contributed by atoms with Crippen LogP contribution >= 0.6 is 0 Å². The van der Waals surface area contributed by atoms with Crippen LogP contribution in [0, 0.1) is 11.8 Å². The van der Waals surface area contributed by atoms with Crippen molar-refractivity contribution in [2.45, 2.75) is 34.1 Å². The van der Waals surface area contributed by atoms with E-state index in [-0.39, 0.29) is 5.92 Å². The van der Waals surface area contributed by atoms with E-state index in [1.54, 1.807) is 0 Å². The van der Waals surface area contributed by atoms with Gasteiger partial charge in [-0.05, 0) is 49.4 Å². The summed E-state index contributed by atoms with van der Waals surface area (Å²) in [5, 5.41) is 7.73. The molecule has 1 heterocycles. The monoisotopic (exact) mass is 312 g/mol. The molecule has 0 aliphatic carbocycles. The third kappa shape index (κ3) is 4.55. The molecule has 1 aliphatic rings. The molecule has 1 fully saturated rings. The summed E-state index contributed by atoms with van der Waals surface area (Å²) in [7, 11) is 0. The molecule has 1 N–H and O–H groups in total. The molecule has 3 heteroatoms. The molecule has 23 heavy (non-hydrogen) atoms. The van der Waals surface area contributed by atoms with Crippen LogP contribution in [-0.4, -0.2) is 18.8 Å². The highest BCUT2D eigenvalue weighted by molar-refractivity contribution is 6.01. The van der Waals surface area contributed by atoms with Crippen molar-refractivity contribution in [2.24, 2.45) is 17.0 Å². The van der Waals surface area contributed by atoms with Crippen LogP contribution in [0.5, 0.6) is 0 Å². The number of oxime groups is 1. The highest BCUT2D eigenvalue weighted by Gasteiger charge is 2.19. The molecule has 0 bridgehead atoms. The van der Waals surface area contributed by atoms with Gasteiger partial charge < -0.3 is 10.2 Å². The first-order valence-corrected chi connectivity index (χ1v) is 8.41. The molecule has 124 valence electrons. The average molecular weight is 312 g/mol. The standard InChI is InChI=1S/C20H28N2O/c1-6-15(4)17-7-9-18(10-8-17)20(14(2)3)22-23-16(5)19-11-12-21-13-19/h6-10,14,19,21H,5,11-13H2,1-4H3/b15-6+,22-20+. The molecule has 1 aliphatic heterocycles. The Kier molecular flexibility index (Phi) is 6.17. The predicted molar refractivity (Wildman–Crippen MR) is 98.3 cm³/mol. The molecular weight excluding hydrogens is 284 g/mol. The van der Waals surface area contributed by atoms with Crippen LogP contribution in [0.25, 0.3) is 5.57 Å². The van der Waals surface area contributed by atoms with Crippen molar-refractivity contribution in [3.8, 4) is 0 Å². The Balaban J connectivity index is 2.14. The van der Waals surface area contributed by atoms with Gasteiger partial charge in [0.25, 0.3) is 0 Å². The predicted octanol–water partition coefficient (Wildman–Crippen LogP) is 4.61. The summed E-state index contributed by atoms with van der Waals surface area (Å²) < 4.78 is 0. The second-order valence-corrected chi connectivity index (χ2v) is 6.43. The SMILES string of the molecule is C=C(O/N=C(/c1ccc(/C(C)=C/C)cc1)C(C)C)C1CCNC1. The van der Waals surface area contributed by atoms with Gasteiger partial charge in [-0.15, -0.1) is 0 Å². The fourth-order valence-corrected chi connectivity index (χ4v) is 2.67. The van der Waals surface area contributed by atoms with Crippen molar-refractivity contribution in [1.29, 1.82) is 0 Å². The van der Waals surface area contributed by atoms with E-state index in [0.29, 0.717) is 5.92 Å². The van der Waals surface area contributed by atoms with E-state index in [2.05, 4.69) is 75.1 Å². The van der Waals surface area contributed by atoms with Gasteiger partial charge in [0.15, 0.2) is 0 Å². The third-order valence-corrected chi connectivity index (χ3v) is 4.39. The van der Waals surface area contributed by atoms with Crippen LogP contribution in [0.4, 0.5) is 0 Å². The fraction of sp³-hybridized carbons (Fsp3) is 0.450. The fourth-order valence-electron chi connectivity index (χ4n) is 2.67. The zero-order valence-electron chi connectivity index (χ0n) is 14.7. The summed E-state index contributed by atoms with van der Waals surface area (Å²) in [5.74, 6) is 1.42. The topological polar surface area (TPSA) is 33.6 Å². The molecule has 1 saturated heterocycles. The van der Waals surface area contributed by atoms with Crippen molar-refractivity contribution in [3.63, 3.8) is 0 Å². The van der Waals surface area contributed by atoms with E-state index in [9.17, 15) is 0 Å². The number of nitrogens with one attached hydrogen (secondary N) is 1. The highest BCUT2D eigenvalue weighted by Crippen LogP contribution is 2.20. The first-order valence-electron chi connectivity index (χ1n) is 8.41. The van der Waals surface area contributed by atoms with Gasteiger partial charge in [0.1, 0.15) is 5.76 Å². The van der Waals surface area contributed by atoms with E-state index in [0.717, 1.165) is 36.5 Å². The van der Waals surface area contributed by atoms with E-state index < -0.39 is 0 Å². The Hall–Kier alpha value is -1.87. The van der Waals surface area contributed by atoms with Gasteiger partial charge in [0.05, 0.1) is 5.71 Å². The molecular formula is C20H28N2O. The van der Waals surface area contributed by atoms with E-state index in [4.69, 9.17) is 4.84 Å². The Morgan fingerprint density at radius 1 is 1.30 bits per heavy atom. The molecule has 3 nitrogen and oxygen atoms in total. The Bertz CT molecular complexity index is 591. The highest BCUT2D eigenvalue weighted by atomic mass is 16.6. The van der Waals surface area contributed by atoms with Gasteiger partial charge in [-0.1, -0.05) is 55.9 Å². The van der Waals surface area contributed by atoms with Gasteiger partial charge in [-0.25, -0.2) is 0 Å². The lowest BCUT2D eigenvalue weighted by Crippen LogP contribution is -2.13. The minimum absolute atomic E-state index is 0.290. The zero-order valence-corrected chi connectivity index (χ0v) is 14.7. The van der Waals surface area contributed by atoms with Crippen molar-refractivity contribution in [1.82, 2.24) is 5.32 Å². The summed E-state index contributed by atoms with van der Waals surface area (Å²) in [6.45, 7) is 14.4. The van der Waals surface area contributed by atoms with Crippen LogP contribution in [0.1, 0.15) is 45.2 Å². The summed E-state index contributed by atoms with van der Waals surface area (Å²) >= 11 is 0. The van der Waals surface area contributed by atoms with E-state index in [1.807, 2.05) is 0 Å². The lowest BCUT2D eigenvalue weighted by molar-refractivity contribution is 0.193. The summed E-state index contributed by atoms with van der Waals surface area (Å²) in [5.41, 5.74) is 4.58. The van der Waals surface area contributed by atoms with Crippen molar-refractivity contribution < 1.29 is 4.84 Å². The number of hydrogen-bond acceptors (Lipinski definition) is 3. The number of allylic oxidation sites excluding steroid dienone is 2. The molecule has 2 rings (SSSR count). The van der Waals surface area contributed by atoms with E-state index in [1.165, 1.54) is 11.1 Å². The number of hydrogen-bond donors (Lipinski definition) is 1. The summed E-state index contributed by atoms with van der Waals surface area (Å²) in [4.78, 5) is 5.64. The van der Waals surface area contributed by atoms with Crippen molar-refractivity contribution in [2.75, 3.05) is 13.1 Å². The minimum atomic E-state index is 0.290. The van der Waals surface area contributed by atoms with Gasteiger partial charge in [0.2, 0.25) is 0 Å². The normalized spacial score (nSPS) is 19.3. The van der Waals surface area contributed by atoms with Gasteiger partial charge in [-0.3, -0.25) is 0 Å². The van der Waals surface area contributed by atoms with Gasteiger partial charge in [-0.2, -0.15) is 0 Å². The van der Waals surface area contributed by atoms with Crippen LogP contribution < -0.4 is 5.32 Å². The molecule has 1 aromatic rings. The molecule has 0 saturated carbocycles. The number of rotatable bonds is 6. The van der Waals surface area contributed by atoms with Crippen LogP contribution in [0.2, 0.25) is 0 Å². The molecule has 0 amide bonds. The van der Waals surface area contributed by atoms with Crippen LogP contribution in [0.3, 0.4) is 0 Å². The third-order valence-electron chi connectivity index (χ3n) is 4.39. The first-order chi connectivity index (χ1) is 11.0. The van der Waals surface area contributed by atoms with Gasteiger partial charge in [0, 0.05) is 12.5 Å². The Morgan fingerprint density at radius 3 is 2.48 bits per heavy atom. The smallest absolute Gasteiger partial charge is 0.132 e. The largest absolute Gasteiger partial charge is 0.361 e. The lowest BCUT2D eigenvalue weighted by atomic mass is 9.97. The van der Waals surface area contributed by atoms with Crippen molar-refractivity contribution >= 4 is 11.3 Å². The van der Waals surface area contributed by atoms with Crippen molar-refractivity contribution in [3.05, 3.63) is 53.8 Å². The zero-order chi connectivity index (χ0) is 16.8. The molecule has 1 unspecified atom stereocenters. The lowest BCUT2D eigenvalue weighted by Gasteiger charge is -2.14. The second kappa shape index (κ2) is 8.11. The Labute approximate surface area is 140 Å². The number of nitrogens with zero attached hydrogens (tertiary/aromatic N) is 1. The summed E-state index contributed by atoms with van der Waals surface area (Å²) in [6.07, 6.45) is 3.19. The Morgan fingerprint density at radius 2 is 1.96 bits per heavy atom. The first kappa shape index (κ1) is 17.5. The molecule has 0 aromatic heterocycles. The maximum Gasteiger partial charge on any atom is 0.132 e. The van der Waals surface area contributed by atoms with E-state index >= 15 is 0 Å². The molecule has 0 spiro atoms. The number of benzene rings is 1. The minimum Gasteiger partial charge on any atom is -0.361 e. The molecule has 0 radical (unpaired) electrons. The average Bonchev–Trinajstić information content (AvgIpc) is 3.09. The maximum atomic E-state index is 5.64. The van der Waals surface area contributed by atoms with Crippen LogP contribution in [0.15, 0.2) is 47.8 Å². The van der Waals surface area contributed by atoms with Gasteiger partial charge >= 0.3 is 0 Å².